The molecule has 0 aliphatic rings. The van der Waals surface area contributed by atoms with E-state index >= 15 is 0 Å². The summed E-state index contributed by atoms with van der Waals surface area (Å²) in [5.74, 6) is -3.42. The fourth-order valence-corrected chi connectivity index (χ4v) is 2.87. The van der Waals surface area contributed by atoms with Gasteiger partial charge in [-0.2, -0.15) is 31.4 Å². The van der Waals surface area contributed by atoms with E-state index < -0.39 is 35.8 Å². The molecule has 3 rings (SSSR count). The van der Waals surface area contributed by atoms with Crippen molar-refractivity contribution < 1.29 is 45.8 Å². The highest BCUT2D eigenvalue weighted by Gasteiger charge is 2.38. The van der Waals surface area contributed by atoms with E-state index in [-0.39, 0.29) is 16.4 Å². The van der Waals surface area contributed by atoms with Gasteiger partial charge in [0.05, 0.1) is 28.2 Å². The van der Waals surface area contributed by atoms with E-state index in [9.17, 15) is 35.9 Å². The van der Waals surface area contributed by atoms with E-state index in [4.69, 9.17) is 27.2 Å². The van der Waals surface area contributed by atoms with Crippen LogP contribution in [0.25, 0.3) is 0 Å². The number of carboxylic acid groups (broad SMARTS) is 1. The summed E-state index contributed by atoms with van der Waals surface area (Å²) in [7, 11) is 0. The van der Waals surface area contributed by atoms with Crippen LogP contribution >= 0.6 is 11.6 Å². The molecule has 0 spiro atoms. The number of nitrogens with zero attached hydrogens (tertiary/aromatic N) is 1. The van der Waals surface area contributed by atoms with Crippen LogP contribution < -0.4 is 21.7 Å². The summed E-state index contributed by atoms with van der Waals surface area (Å²) in [4.78, 5) is 32.4. The molecule has 0 saturated heterocycles. The maximum Gasteiger partial charge on any atom is 0.490 e. The Morgan fingerprint density at radius 2 is 1.66 bits per heavy atom. The molecule has 0 unspecified atom stereocenters. The van der Waals surface area contributed by atoms with Crippen molar-refractivity contribution in [1.29, 1.82) is 0 Å². The van der Waals surface area contributed by atoms with Gasteiger partial charge in [0, 0.05) is 12.2 Å². The van der Waals surface area contributed by atoms with E-state index in [1.54, 1.807) is 24.3 Å². The first-order valence-electron chi connectivity index (χ1n) is 9.98. The number of nitrogens with two attached hydrogens (primary N) is 1. The molecule has 0 saturated carbocycles. The molecule has 0 aliphatic heterocycles. The number of hydrogen-bond acceptors (Lipinski definition) is 5. The fourth-order valence-electron chi connectivity index (χ4n) is 2.64. The molecule has 0 atom stereocenters. The number of halogens is 7. The number of aliphatic carboxylic acids is 1. The van der Waals surface area contributed by atoms with Crippen LogP contribution in [-0.2, 0) is 17.5 Å². The second-order valence-corrected chi connectivity index (χ2v) is 7.56. The predicted octanol–water partition coefficient (Wildman–Crippen LogP) is 5.07. The molecule has 10 nitrogen and oxygen atoms in total. The zero-order valence-corrected chi connectivity index (χ0v) is 19.4. The molecule has 0 fully saturated rings. The number of primary amides is 1. The number of carbonyl (C=O) groups is 3. The van der Waals surface area contributed by atoms with E-state index in [1.165, 1.54) is 6.20 Å². The molecule has 2 aromatic carbocycles. The number of amides is 3. The third-order valence-corrected chi connectivity index (χ3v) is 4.65. The number of alkyl halides is 6. The van der Waals surface area contributed by atoms with Gasteiger partial charge in [-0.05, 0) is 35.9 Å². The van der Waals surface area contributed by atoms with Gasteiger partial charge in [0.15, 0.2) is 0 Å². The van der Waals surface area contributed by atoms with Gasteiger partial charge in [-0.3, -0.25) is 9.89 Å². The molecule has 0 radical (unpaired) electrons. The van der Waals surface area contributed by atoms with Gasteiger partial charge < -0.3 is 26.8 Å². The molecule has 204 valence electrons. The summed E-state index contributed by atoms with van der Waals surface area (Å²) >= 11 is 5.84. The van der Waals surface area contributed by atoms with Crippen molar-refractivity contribution in [2.45, 2.75) is 18.9 Å². The smallest absolute Gasteiger partial charge is 0.475 e. The highest BCUT2D eigenvalue weighted by molar-refractivity contribution is 6.33. The fraction of sp³-hybridized carbons (Fsp3) is 0.143. The number of hydrogen-bond donors (Lipinski definition) is 6. The van der Waals surface area contributed by atoms with Crippen LogP contribution in [0.4, 0.5) is 48.2 Å². The van der Waals surface area contributed by atoms with Crippen molar-refractivity contribution in [1.82, 2.24) is 10.2 Å². The van der Waals surface area contributed by atoms with Gasteiger partial charge in [-0.1, -0.05) is 23.7 Å². The predicted molar refractivity (Wildman–Crippen MR) is 124 cm³/mol. The molecular weight excluding hydrogens is 550 g/mol. The van der Waals surface area contributed by atoms with E-state index in [0.29, 0.717) is 17.9 Å². The molecule has 3 amide bonds. The molecule has 38 heavy (non-hydrogen) atoms. The van der Waals surface area contributed by atoms with Gasteiger partial charge in [-0.25, -0.2) is 9.59 Å². The highest BCUT2D eigenvalue weighted by Crippen LogP contribution is 2.33. The van der Waals surface area contributed by atoms with Crippen LogP contribution in [-0.4, -0.2) is 39.4 Å². The Balaban J connectivity index is 0.000000638. The number of urea groups is 1. The van der Waals surface area contributed by atoms with Crippen molar-refractivity contribution >= 4 is 46.6 Å². The largest absolute Gasteiger partial charge is 0.490 e. The summed E-state index contributed by atoms with van der Waals surface area (Å²) in [5.41, 5.74) is 6.13. The first-order valence-corrected chi connectivity index (χ1v) is 10.4. The molecule has 0 aliphatic carbocycles. The lowest BCUT2D eigenvalue weighted by Crippen LogP contribution is -2.21. The van der Waals surface area contributed by atoms with E-state index in [1.807, 2.05) is 0 Å². The summed E-state index contributed by atoms with van der Waals surface area (Å²) in [6, 6.07) is 8.73. The normalized spacial score (nSPS) is 11.1. The minimum absolute atomic E-state index is 0.0314. The van der Waals surface area contributed by atoms with Gasteiger partial charge in [-0.15, -0.1) is 0 Å². The van der Waals surface area contributed by atoms with Crippen LogP contribution in [0.3, 0.4) is 0 Å². The highest BCUT2D eigenvalue weighted by atomic mass is 35.5. The van der Waals surface area contributed by atoms with Crippen LogP contribution in [0.15, 0.2) is 48.7 Å². The first kappa shape index (κ1) is 29.8. The van der Waals surface area contributed by atoms with Crippen molar-refractivity contribution in [3.8, 4) is 0 Å². The Labute approximate surface area is 214 Å². The van der Waals surface area contributed by atoms with Crippen molar-refractivity contribution in [2.75, 3.05) is 16.0 Å². The van der Waals surface area contributed by atoms with Gasteiger partial charge in [0.25, 0.3) is 5.91 Å². The average Bonchev–Trinajstić information content (AvgIpc) is 3.27. The lowest BCUT2D eigenvalue weighted by molar-refractivity contribution is -0.192. The standard InChI is InChI=1S/C19H16ClF3N6O2.C2HF3O2/c20-13-7-11(19(21,22)23)4-5-14(13)28-18(31)27-12-3-1-2-10(6-12)8-25-15-9-26-29-16(15)17(24)30;3-2(4,5)1(6)7/h1-7,9,25H,8H2,(H2,24,30)(H,26,29)(H2,27,28,31);(H,6,7). The Hall–Kier alpha value is -4.47. The number of carboxylic acids is 1. The number of aromatic nitrogens is 2. The number of nitrogens with one attached hydrogen (secondary N) is 4. The second-order valence-electron chi connectivity index (χ2n) is 7.15. The molecule has 17 heteroatoms. The lowest BCUT2D eigenvalue weighted by atomic mass is 10.2. The van der Waals surface area contributed by atoms with Gasteiger partial charge >= 0.3 is 24.4 Å². The third kappa shape index (κ3) is 8.88. The second kappa shape index (κ2) is 12.2. The molecule has 1 aromatic heterocycles. The number of aromatic amines is 1. The van der Waals surface area contributed by atoms with Crippen LogP contribution in [0, 0.1) is 0 Å². The summed E-state index contributed by atoms with van der Waals surface area (Å²) in [5, 5.41) is 21.1. The molecule has 7 N–H and O–H groups in total. The number of carbonyl (C=O) groups excluding carboxylic acids is 2. The summed E-state index contributed by atoms with van der Waals surface area (Å²) in [6.45, 7) is 0.307. The monoisotopic (exact) mass is 566 g/mol. The SMILES string of the molecule is NC(=O)c1[nH]ncc1NCc1cccc(NC(=O)Nc2ccc(C(F)(F)F)cc2Cl)c1.O=C(O)C(F)(F)F. The van der Waals surface area contributed by atoms with Crippen LogP contribution in [0.2, 0.25) is 5.02 Å². The van der Waals surface area contributed by atoms with E-state index in [0.717, 1.165) is 23.8 Å². The van der Waals surface area contributed by atoms with Crippen LogP contribution in [0.5, 0.6) is 0 Å². The first-order chi connectivity index (χ1) is 17.6. The van der Waals surface area contributed by atoms with Gasteiger partial charge in [0.1, 0.15) is 5.69 Å². The minimum Gasteiger partial charge on any atom is -0.475 e. The quantitative estimate of drug-likeness (QED) is 0.228. The lowest BCUT2D eigenvalue weighted by Gasteiger charge is -2.12. The Morgan fingerprint density at radius 3 is 2.21 bits per heavy atom. The topological polar surface area (TPSA) is 162 Å². The summed E-state index contributed by atoms with van der Waals surface area (Å²) in [6.07, 6.45) is -8.20. The maximum atomic E-state index is 12.7. The van der Waals surface area contributed by atoms with E-state index in [2.05, 4.69) is 26.1 Å². The third-order valence-electron chi connectivity index (χ3n) is 4.34. The van der Waals surface area contributed by atoms with Crippen molar-refractivity contribution in [2.24, 2.45) is 5.73 Å². The zero-order chi connectivity index (χ0) is 28.7. The van der Waals surface area contributed by atoms with Gasteiger partial charge in [0.2, 0.25) is 0 Å². The van der Waals surface area contributed by atoms with Crippen molar-refractivity contribution in [3.63, 3.8) is 0 Å². The summed E-state index contributed by atoms with van der Waals surface area (Å²) < 4.78 is 69.9. The van der Waals surface area contributed by atoms with Crippen molar-refractivity contribution in [3.05, 3.63) is 70.5 Å². The Bertz CT molecular complexity index is 1310. The number of H-pyrrole nitrogens is 1. The Kier molecular flexibility index (Phi) is 9.54. The maximum absolute atomic E-state index is 12.7. The molecular formula is C21H17ClF6N6O4. The average molecular weight is 567 g/mol. The Morgan fingerprint density at radius 1 is 1.00 bits per heavy atom. The molecule has 0 bridgehead atoms. The molecule has 3 aromatic rings. The number of benzene rings is 2. The zero-order valence-electron chi connectivity index (χ0n) is 18.7. The van der Waals surface area contributed by atoms with Crippen LogP contribution in [0.1, 0.15) is 21.6 Å². The minimum atomic E-state index is -5.08. The number of anilines is 3. The number of rotatable bonds is 6. The molecule has 1 heterocycles.